The van der Waals surface area contributed by atoms with E-state index in [1.54, 1.807) is 19.1 Å². The molecule has 0 aliphatic carbocycles. The van der Waals surface area contributed by atoms with Gasteiger partial charge < -0.3 is 10.3 Å². The van der Waals surface area contributed by atoms with Crippen LogP contribution in [0.4, 0.5) is 5.69 Å². The van der Waals surface area contributed by atoms with Crippen LogP contribution in [0.3, 0.4) is 0 Å². The van der Waals surface area contributed by atoms with Crippen LogP contribution in [0.5, 0.6) is 0 Å². The highest BCUT2D eigenvalue weighted by atomic mass is 35.5. The maximum absolute atomic E-state index is 9.89. The Balaban J connectivity index is 1.94. The summed E-state index contributed by atoms with van der Waals surface area (Å²) in [5.41, 5.74) is 4.20. The molecule has 3 rings (SSSR count). The number of anilines is 1. The van der Waals surface area contributed by atoms with Gasteiger partial charge in [-0.05, 0) is 54.8 Å². The summed E-state index contributed by atoms with van der Waals surface area (Å²) in [5, 5.41) is 14.3. The van der Waals surface area contributed by atoms with Crippen molar-refractivity contribution >= 4 is 39.0 Å². The summed E-state index contributed by atoms with van der Waals surface area (Å²) in [6, 6.07) is 13.6. The minimum Gasteiger partial charge on any atom is -0.379 e. The van der Waals surface area contributed by atoms with Gasteiger partial charge in [0.1, 0.15) is 6.07 Å². The van der Waals surface area contributed by atoms with Gasteiger partial charge >= 0.3 is 0 Å². The smallest absolute Gasteiger partial charge is 0.101 e. The van der Waals surface area contributed by atoms with Crippen LogP contribution in [0.1, 0.15) is 25.8 Å². The van der Waals surface area contributed by atoms with Crippen molar-refractivity contribution in [2.24, 2.45) is 0 Å². The van der Waals surface area contributed by atoms with Gasteiger partial charge in [0.15, 0.2) is 0 Å². The molecule has 3 aromatic rings. The fraction of sp³-hybridized carbons (Fsp3) is 0.286. The first-order valence-corrected chi connectivity index (χ1v) is 11.5. The number of H-pyrrole nitrogens is 1. The van der Waals surface area contributed by atoms with Crippen molar-refractivity contribution in [3.63, 3.8) is 0 Å². The quantitative estimate of drug-likeness (QED) is 0.308. The van der Waals surface area contributed by atoms with Gasteiger partial charge in [0.2, 0.25) is 0 Å². The number of nitrogens with zero attached hydrogens (tertiary/aromatic N) is 1. The van der Waals surface area contributed by atoms with Crippen molar-refractivity contribution in [2.45, 2.75) is 26.3 Å². The molecule has 0 aliphatic heterocycles. The van der Waals surface area contributed by atoms with E-state index >= 15 is 0 Å². The Morgan fingerprint density at radius 2 is 1.97 bits per heavy atom. The first-order chi connectivity index (χ1) is 13.9. The fourth-order valence-electron chi connectivity index (χ4n) is 3.10. The highest BCUT2D eigenvalue weighted by Crippen LogP contribution is 2.34. The van der Waals surface area contributed by atoms with E-state index in [0.29, 0.717) is 17.1 Å². The molecule has 0 saturated heterocycles. The summed E-state index contributed by atoms with van der Waals surface area (Å²) >= 11 is 6.08. The SMILES string of the molecule is CCC(CNS(O)(O)CC)Nc1cc(-c2ccc(Cl)c(C#N)c2)cc2cc[nH]c12. The standard InChI is InChI=1S/C21H25ClN4O2S/c1-3-18(13-25-29(27,28)4-2)26-20-11-16(10-15-7-8-24-21(15)20)14-5-6-19(22)17(9-14)12-23/h5-11,18,24-28H,3-4,13H2,1-2H3. The molecule has 0 amide bonds. The van der Waals surface area contributed by atoms with E-state index in [1.807, 2.05) is 31.3 Å². The summed E-state index contributed by atoms with van der Waals surface area (Å²) in [4.78, 5) is 3.26. The molecule has 0 bridgehead atoms. The van der Waals surface area contributed by atoms with Crippen LogP contribution in [0.2, 0.25) is 5.02 Å². The molecule has 0 fully saturated rings. The maximum atomic E-state index is 9.89. The van der Waals surface area contributed by atoms with Gasteiger partial charge in [-0.2, -0.15) is 5.26 Å². The molecule has 5 N–H and O–H groups in total. The third-order valence-electron chi connectivity index (χ3n) is 4.90. The highest BCUT2D eigenvalue weighted by molar-refractivity contribution is 8.22. The van der Waals surface area contributed by atoms with Crippen molar-refractivity contribution in [3.05, 3.63) is 53.2 Å². The maximum Gasteiger partial charge on any atom is 0.101 e. The minimum absolute atomic E-state index is 0.00867. The van der Waals surface area contributed by atoms with Gasteiger partial charge in [0.05, 0.1) is 21.8 Å². The van der Waals surface area contributed by atoms with Crippen molar-refractivity contribution < 1.29 is 9.11 Å². The normalized spacial score (nSPS) is 13.2. The Bertz CT molecular complexity index is 1040. The van der Waals surface area contributed by atoms with Crippen LogP contribution in [0.25, 0.3) is 22.0 Å². The van der Waals surface area contributed by atoms with E-state index in [-0.39, 0.29) is 11.8 Å². The van der Waals surface area contributed by atoms with E-state index in [2.05, 4.69) is 27.2 Å². The van der Waals surface area contributed by atoms with Gasteiger partial charge in [-0.25, -0.2) is 4.72 Å². The average molecular weight is 433 g/mol. The van der Waals surface area contributed by atoms with E-state index in [1.165, 1.54) is 0 Å². The molecule has 1 heterocycles. The van der Waals surface area contributed by atoms with Gasteiger partial charge in [0, 0.05) is 29.9 Å². The number of halogens is 1. The molecule has 1 aromatic heterocycles. The average Bonchev–Trinajstić information content (AvgIpc) is 3.20. The lowest BCUT2D eigenvalue weighted by atomic mass is 10.0. The van der Waals surface area contributed by atoms with Gasteiger partial charge in [0.25, 0.3) is 0 Å². The molecule has 8 heteroatoms. The Hall–Kier alpha value is -2.21. The number of nitriles is 1. The summed E-state index contributed by atoms with van der Waals surface area (Å²) in [5.74, 6) is 0.275. The third-order valence-corrected chi connectivity index (χ3v) is 6.66. The molecule has 154 valence electrons. The first-order valence-electron chi connectivity index (χ1n) is 9.45. The van der Waals surface area contributed by atoms with E-state index in [9.17, 15) is 14.4 Å². The third kappa shape index (κ3) is 5.04. The van der Waals surface area contributed by atoms with Gasteiger partial charge in [-0.3, -0.25) is 9.11 Å². The van der Waals surface area contributed by atoms with Crippen molar-refractivity contribution in [2.75, 3.05) is 17.6 Å². The molecular formula is C21H25ClN4O2S. The number of aromatic nitrogens is 1. The summed E-state index contributed by atoms with van der Waals surface area (Å²) < 4.78 is 22.6. The van der Waals surface area contributed by atoms with E-state index < -0.39 is 10.8 Å². The minimum atomic E-state index is -2.75. The fourth-order valence-corrected chi connectivity index (χ4v) is 3.93. The number of rotatable bonds is 8. The lowest BCUT2D eigenvalue weighted by Gasteiger charge is -2.33. The first kappa shape index (κ1) is 21.5. The zero-order valence-electron chi connectivity index (χ0n) is 16.4. The topological polar surface area (TPSA) is 104 Å². The lowest BCUT2D eigenvalue weighted by molar-refractivity contribution is 0.467. The second kappa shape index (κ2) is 9.08. The molecule has 6 nitrogen and oxygen atoms in total. The largest absolute Gasteiger partial charge is 0.379 e. The molecule has 1 unspecified atom stereocenters. The number of hydrogen-bond acceptors (Lipinski definition) is 5. The van der Waals surface area contributed by atoms with E-state index in [0.717, 1.165) is 34.1 Å². The lowest BCUT2D eigenvalue weighted by Crippen LogP contribution is -2.34. The molecule has 1 atom stereocenters. The number of nitrogens with one attached hydrogen (secondary N) is 3. The van der Waals surface area contributed by atoms with Crippen LogP contribution < -0.4 is 10.0 Å². The molecule has 0 radical (unpaired) electrons. The number of hydrogen-bond donors (Lipinski definition) is 5. The van der Waals surface area contributed by atoms with Crippen LogP contribution in [0, 0.1) is 11.3 Å². The van der Waals surface area contributed by atoms with Crippen LogP contribution in [-0.4, -0.2) is 32.4 Å². The molecule has 29 heavy (non-hydrogen) atoms. The Kier molecular flexibility index (Phi) is 6.73. The Labute approximate surface area is 177 Å². The predicted molar refractivity (Wildman–Crippen MR) is 123 cm³/mol. The zero-order valence-corrected chi connectivity index (χ0v) is 17.9. The summed E-state index contributed by atoms with van der Waals surface area (Å²) in [6.07, 6.45) is 2.69. The highest BCUT2D eigenvalue weighted by Gasteiger charge is 2.15. The van der Waals surface area contributed by atoms with Crippen LogP contribution in [-0.2, 0) is 0 Å². The molecule has 0 aliphatic rings. The van der Waals surface area contributed by atoms with Gasteiger partial charge in [-0.15, -0.1) is 10.8 Å². The Morgan fingerprint density at radius 3 is 2.66 bits per heavy atom. The molecule has 2 aromatic carbocycles. The summed E-state index contributed by atoms with van der Waals surface area (Å²) in [6.45, 7) is 4.22. The number of benzene rings is 2. The Morgan fingerprint density at radius 1 is 1.17 bits per heavy atom. The zero-order chi connectivity index (χ0) is 21.0. The predicted octanol–water partition coefficient (Wildman–Crippen LogP) is 5.83. The van der Waals surface area contributed by atoms with Crippen LogP contribution in [0.15, 0.2) is 42.6 Å². The second-order valence-corrected chi connectivity index (χ2v) is 9.43. The van der Waals surface area contributed by atoms with E-state index in [4.69, 9.17) is 11.6 Å². The molecule has 0 saturated carbocycles. The van der Waals surface area contributed by atoms with Crippen molar-refractivity contribution in [3.8, 4) is 17.2 Å². The van der Waals surface area contributed by atoms with Crippen molar-refractivity contribution in [1.29, 1.82) is 5.26 Å². The number of aromatic amines is 1. The van der Waals surface area contributed by atoms with Gasteiger partial charge in [-0.1, -0.05) is 24.6 Å². The number of fused-ring (bicyclic) bond motifs is 1. The molecule has 0 spiro atoms. The van der Waals surface area contributed by atoms with Crippen molar-refractivity contribution in [1.82, 2.24) is 9.71 Å². The summed E-state index contributed by atoms with van der Waals surface area (Å²) in [7, 11) is -2.75. The molecular weight excluding hydrogens is 408 g/mol. The monoisotopic (exact) mass is 432 g/mol. The van der Waals surface area contributed by atoms with Crippen LogP contribution >= 0.6 is 22.4 Å². The second-order valence-electron chi connectivity index (χ2n) is 6.83.